The molecule has 83 heavy (non-hydrogen) atoms. The third-order valence-corrected chi connectivity index (χ3v) is 22.7. The molecule has 0 aliphatic carbocycles. The Balaban J connectivity index is 0.000000311. The second-order valence-corrected chi connectivity index (χ2v) is 31.8. The van der Waals surface area contributed by atoms with Gasteiger partial charge < -0.3 is 19.4 Å². The van der Waals surface area contributed by atoms with Gasteiger partial charge in [0, 0.05) is 46.7 Å². The van der Waals surface area contributed by atoms with Gasteiger partial charge in [0.05, 0.1) is 31.7 Å². The van der Waals surface area contributed by atoms with E-state index in [0.717, 1.165) is 79.2 Å². The van der Waals surface area contributed by atoms with Crippen molar-refractivity contribution >= 4 is 20.3 Å². The molecule has 6 aromatic rings. The molecule has 0 aliphatic rings. The quantitative estimate of drug-likeness (QED) is 0.0470. The molecule has 0 fully saturated rings. The van der Waals surface area contributed by atoms with E-state index in [-0.39, 0.29) is 57.7 Å². The Hall–Kier alpha value is -5.88. The minimum atomic E-state index is -1.88. The lowest BCUT2D eigenvalue weighted by Gasteiger charge is -2.43. The fourth-order valence-corrected chi connectivity index (χ4v) is 12.9. The van der Waals surface area contributed by atoms with E-state index in [1.165, 1.54) is 44.5 Å². The van der Waals surface area contributed by atoms with E-state index in [1.807, 2.05) is 6.92 Å². The number of ether oxygens (including phenoxy) is 1. The molecule has 0 aliphatic heterocycles. The molecule has 10 nitrogen and oxygen atoms in total. The Bertz CT molecular complexity index is 3100. The molecule has 0 saturated carbocycles. The molecule has 11 heteroatoms. The van der Waals surface area contributed by atoms with E-state index in [9.17, 15) is 14.7 Å². The number of hydrogen-bond acceptors (Lipinski definition) is 9. The summed E-state index contributed by atoms with van der Waals surface area (Å²) in [5.74, 6) is 0.122. The van der Waals surface area contributed by atoms with E-state index in [1.54, 1.807) is 24.8 Å². The number of esters is 1. The maximum Gasteiger partial charge on any atom is 0.310 e. The van der Waals surface area contributed by atoms with Crippen LogP contribution in [0.4, 0.5) is 0 Å². The molecular formula is C72H102N4O6Si. The van der Waals surface area contributed by atoms with Gasteiger partial charge in [-0.15, -0.1) is 0 Å². The molecule has 6 rings (SSSR count). The Morgan fingerprint density at radius 1 is 0.530 bits per heavy atom. The average molecular weight is 1150 g/mol. The van der Waals surface area contributed by atoms with E-state index in [4.69, 9.17) is 14.3 Å². The number of aryl methyl sites for hydroxylation is 6. The van der Waals surface area contributed by atoms with Crippen molar-refractivity contribution < 1.29 is 29.0 Å². The number of carbonyl (C=O) groups is 2. The van der Waals surface area contributed by atoms with Crippen LogP contribution in [0.3, 0.4) is 0 Å². The molecule has 2 unspecified atom stereocenters. The first-order valence-electron chi connectivity index (χ1n) is 30.6. The fraction of sp³-hybridized carbons (Fsp3) is 0.528. The second kappa shape index (κ2) is 28.3. The number of carboxylic acids is 1. The van der Waals surface area contributed by atoms with Crippen molar-refractivity contribution in [1.82, 2.24) is 19.9 Å². The topological polar surface area (TPSA) is 145 Å². The highest BCUT2D eigenvalue weighted by Crippen LogP contribution is 2.44. The molecular weight excluding hydrogens is 1040 g/mol. The van der Waals surface area contributed by atoms with Gasteiger partial charge in [0.25, 0.3) is 0 Å². The number of aliphatic hydroxyl groups is 1. The van der Waals surface area contributed by atoms with E-state index >= 15 is 0 Å². The molecule has 2 N–H and O–H groups in total. The van der Waals surface area contributed by atoms with Crippen molar-refractivity contribution in [2.45, 2.75) is 230 Å². The van der Waals surface area contributed by atoms with Crippen LogP contribution < -0.4 is 0 Å². The fourth-order valence-electron chi connectivity index (χ4n) is 11.4. The number of aliphatic hydroxyl groups excluding tert-OH is 1. The van der Waals surface area contributed by atoms with Gasteiger partial charge in [-0.1, -0.05) is 163 Å². The van der Waals surface area contributed by atoms with Crippen LogP contribution in [-0.2, 0) is 55.3 Å². The second-order valence-electron chi connectivity index (χ2n) is 27.0. The number of rotatable bonds is 23. The minimum absolute atomic E-state index is 0.0803. The first-order valence-corrected chi connectivity index (χ1v) is 33.5. The van der Waals surface area contributed by atoms with Crippen molar-refractivity contribution in [3.8, 4) is 22.8 Å². The maximum absolute atomic E-state index is 11.9. The van der Waals surface area contributed by atoms with Gasteiger partial charge >= 0.3 is 11.9 Å². The summed E-state index contributed by atoms with van der Waals surface area (Å²) in [6.45, 7) is 44.8. The summed E-state index contributed by atoms with van der Waals surface area (Å²) in [5, 5.41) is 19.7. The Kier molecular flexibility index (Phi) is 23.2. The number of carboxylic acid groups (broad SMARTS) is 1. The van der Waals surface area contributed by atoms with Crippen LogP contribution >= 0.6 is 0 Å². The SMILES string of the molecule is CCC(CC)(c1ccc(CCC(O)C(C)(C)C)c(C)c1)c1ccc(-c2ncc(CC(=O)O)cn2)c(C)c1.CCOC(=O)Cc1cnc(-c2ccc(C(CC)(CC)c3ccc(CCC(O[Si](C)(C)C(C)(C)C)C(C)(C)C)c(C)c3)cc2C)nc1. The predicted octanol–water partition coefficient (Wildman–Crippen LogP) is 17.2. The Morgan fingerprint density at radius 2 is 0.904 bits per heavy atom. The summed E-state index contributed by atoms with van der Waals surface area (Å²) in [7, 11) is -1.88. The summed E-state index contributed by atoms with van der Waals surface area (Å²) in [6, 6.07) is 27.2. The van der Waals surface area contributed by atoms with Gasteiger partial charge in [-0.05, 0) is 182 Å². The van der Waals surface area contributed by atoms with Gasteiger partial charge in [0.15, 0.2) is 20.0 Å². The third kappa shape index (κ3) is 16.9. The van der Waals surface area contributed by atoms with E-state index < -0.39 is 14.3 Å². The highest BCUT2D eigenvalue weighted by molar-refractivity contribution is 6.74. The Labute approximate surface area is 501 Å². The zero-order valence-corrected chi connectivity index (χ0v) is 55.5. The van der Waals surface area contributed by atoms with Crippen LogP contribution in [0.15, 0.2) is 97.6 Å². The zero-order chi connectivity index (χ0) is 61.9. The van der Waals surface area contributed by atoms with Crippen molar-refractivity contribution in [2.75, 3.05) is 6.61 Å². The number of carbonyl (C=O) groups excluding carboxylic acids is 1. The molecule has 4 aromatic carbocycles. The van der Waals surface area contributed by atoms with Crippen LogP contribution in [0.25, 0.3) is 22.8 Å². The molecule has 0 amide bonds. The first-order chi connectivity index (χ1) is 38.8. The lowest BCUT2D eigenvalue weighted by atomic mass is 9.69. The van der Waals surface area contributed by atoms with E-state index in [0.29, 0.717) is 23.8 Å². The summed E-state index contributed by atoms with van der Waals surface area (Å²) in [6.07, 6.45) is 14.3. The summed E-state index contributed by atoms with van der Waals surface area (Å²) in [5.41, 5.74) is 15.9. The van der Waals surface area contributed by atoms with Crippen LogP contribution in [0.5, 0.6) is 0 Å². The van der Waals surface area contributed by atoms with Crippen molar-refractivity contribution in [3.05, 3.63) is 164 Å². The first kappa shape index (κ1) is 67.9. The number of benzene rings is 4. The third-order valence-electron chi connectivity index (χ3n) is 18.2. The predicted molar refractivity (Wildman–Crippen MR) is 345 cm³/mol. The van der Waals surface area contributed by atoms with E-state index in [2.05, 4.69) is 224 Å². The summed E-state index contributed by atoms with van der Waals surface area (Å²) in [4.78, 5) is 40.8. The summed E-state index contributed by atoms with van der Waals surface area (Å²) >= 11 is 0. The van der Waals surface area contributed by atoms with Gasteiger partial charge in [-0.25, -0.2) is 19.9 Å². The molecule has 0 spiro atoms. The Morgan fingerprint density at radius 3 is 1.23 bits per heavy atom. The van der Waals surface area contributed by atoms with Crippen molar-refractivity contribution in [3.63, 3.8) is 0 Å². The van der Waals surface area contributed by atoms with Crippen molar-refractivity contribution in [1.29, 1.82) is 0 Å². The normalized spacial score (nSPS) is 13.3. The minimum Gasteiger partial charge on any atom is -0.481 e. The number of aliphatic carboxylic acids is 1. The molecule has 0 saturated heterocycles. The lowest BCUT2D eigenvalue weighted by molar-refractivity contribution is -0.142. The molecule has 0 radical (unpaired) electrons. The van der Waals surface area contributed by atoms with Gasteiger partial charge in [-0.3, -0.25) is 9.59 Å². The number of hydrogen-bond donors (Lipinski definition) is 2. The van der Waals surface area contributed by atoms with Crippen LogP contribution in [-0.4, -0.2) is 69.2 Å². The van der Waals surface area contributed by atoms with Gasteiger partial charge in [0.2, 0.25) is 0 Å². The molecule has 2 atom stereocenters. The monoisotopic (exact) mass is 1150 g/mol. The zero-order valence-electron chi connectivity index (χ0n) is 54.5. The van der Waals surface area contributed by atoms with Crippen LogP contribution in [0.1, 0.15) is 202 Å². The average Bonchev–Trinajstić information content (AvgIpc) is 3.07. The maximum atomic E-state index is 11.9. The highest BCUT2D eigenvalue weighted by Gasteiger charge is 2.42. The van der Waals surface area contributed by atoms with Crippen molar-refractivity contribution in [2.24, 2.45) is 10.8 Å². The van der Waals surface area contributed by atoms with Crippen LogP contribution in [0, 0.1) is 38.5 Å². The number of nitrogens with zero attached hydrogens (tertiary/aromatic N) is 4. The molecule has 450 valence electrons. The largest absolute Gasteiger partial charge is 0.481 e. The van der Waals surface area contributed by atoms with Gasteiger partial charge in [-0.2, -0.15) is 0 Å². The molecule has 2 heterocycles. The highest BCUT2D eigenvalue weighted by atomic mass is 28.4. The van der Waals surface area contributed by atoms with Gasteiger partial charge in [0.1, 0.15) is 0 Å². The smallest absolute Gasteiger partial charge is 0.310 e. The molecule has 0 bridgehead atoms. The van der Waals surface area contributed by atoms with Crippen LogP contribution in [0.2, 0.25) is 18.1 Å². The standard InChI is InChI=1S/C40H60N2O3Si.C32H42N2O3/c1-14-40(15-2,33-20-21-34(29(5)24-33)37-41-26-30(27-42-37)25-36(43)44-16-3)32-19-17-31(28(4)23-32)18-22-35(38(6,7)8)45-46(12,13)39(9,10)11;1-8-32(9-2,25-12-10-24(21(3)16-25)11-15-28(35)31(5,6)7)26-13-14-27(22(4)17-26)30-33-19-23(20-34-30)18-29(36)37/h17,19-21,23-24,26-27,35H,14-16,18,22,25H2,1-13H3;10,12-14,16-17,19-20,28,35H,8-9,11,15,18H2,1-7H3,(H,36,37). The number of aromatic nitrogens is 4. The molecule has 2 aromatic heterocycles. The summed E-state index contributed by atoms with van der Waals surface area (Å²) < 4.78 is 12.1. The lowest BCUT2D eigenvalue weighted by Crippen LogP contribution is -2.47.